The van der Waals surface area contributed by atoms with Crippen LogP contribution in [0.2, 0.25) is 0 Å². The Hall–Kier alpha value is -0.360. The van der Waals surface area contributed by atoms with Gasteiger partial charge in [-0.05, 0) is 0 Å². The summed E-state index contributed by atoms with van der Waals surface area (Å²) in [5.74, 6) is -3.23. The van der Waals surface area contributed by atoms with E-state index in [-0.39, 0.29) is 12.4 Å². The number of nitrogens with one attached hydrogen (secondary N) is 1. The van der Waals surface area contributed by atoms with Crippen molar-refractivity contribution in [3.05, 3.63) is 0 Å². The van der Waals surface area contributed by atoms with Crippen molar-refractivity contribution in [3.63, 3.8) is 0 Å². The van der Waals surface area contributed by atoms with Crippen LogP contribution in [0.4, 0.5) is 0 Å². The van der Waals surface area contributed by atoms with Gasteiger partial charge in [0.1, 0.15) is 0 Å². The lowest BCUT2D eigenvalue weighted by atomic mass is 10.5. The van der Waals surface area contributed by atoms with Crippen molar-refractivity contribution < 1.29 is 20.1 Å². The maximum absolute atomic E-state index is 9.76. The molecule has 6 heteroatoms. The molecule has 0 rings (SSSR count). The molecule has 4 N–H and O–H groups in total. The van der Waals surface area contributed by atoms with Gasteiger partial charge >= 0.3 is 5.97 Å². The Labute approximate surface area is 64.1 Å². The molecular weight excluding hydrogens is 162 g/mol. The van der Waals surface area contributed by atoms with Crippen molar-refractivity contribution >= 4 is 18.4 Å². The molecule has 0 fully saturated rings. The molecule has 0 saturated heterocycles. The highest BCUT2D eigenvalue weighted by molar-refractivity contribution is 5.85. The molecule has 0 saturated carbocycles. The van der Waals surface area contributed by atoms with E-state index in [1.165, 1.54) is 0 Å². The molecule has 0 spiro atoms. The Balaban J connectivity index is 0. The number of aliphatic hydroxyl groups is 2. The number of hydrogen-bond acceptors (Lipinski definition) is 4. The van der Waals surface area contributed by atoms with Crippen LogP contribution in [0, 0.1) is 0 Å². The zero-order valence-corrected chi connectivity index (χ0v) is 6.18. The van der Waals surface area contributed by atoms with Gasteiger partial charge in [0, 0.05) is 6.92 Å². The van der Waals surface area contributed by atoms with E-state index in [9.17, 15) is 4.79 Å². The SMILES string of the molecule is CC(O)(O)NCC(=O)O.Cl. The lowest BCUT2D eigenvalue weighted by Gasteiger charge is -2.15. The fourth-order valence-corrected chi connectivity index (χ4v) is 0.243. The topological polar surface area (TPSA) is 89.8 Å². The molecule has 0 aromatic carbocycles. The molecular formula is C4H10ClNO4. The summed E-state index contributed by atoms with van der Waals surface area (Å²) in [6.45, 7) is 0.569. The lowest BCUT2D eigenvalue weighted by molar-refractivity contribution is -0.174. The first-order valence-electron chi connectivity index (χ1n) is 2.33. The van der Waals surface area contributed by atoms with Crippen LogP contribution in [-0.2, 0) is 4.79 Å². The molecule has 0 radical (unpaired) electrons. The maximum atomic E-state index is 9.76. The number of carbonyl (C=O) groups is 1. The minimum absolute atomic E-state index is 0. The highest BCUT2D eigenvalue weighted by atomic mass is 35.5. The summed E-state index contributed by atoms with van der Waals surface area (Å²) in [7, 11) is 0. The van der Waals surface area contributed by atoms with Crippen molar-refractivity contribution in [1.82, 2.24) is 5.32 Å². The molecule has 0 aromatic rings. The summed E-state index contributed by atoms with van der Waals surface area (Å²) >= 11 is 0. The van der Waals surface area contributed by atoms with Gasteiger partial charge in [-0.3, -0.25) is 10.1 Å². The third-order valence-corrected chi connectivity index (χ3v) is 0.575. The summed E-state index contributed by atoms with van der Waals surface area (Å²) in [5, 5.41) is 26.8. The third-order valence-electron chi connectivity index (χ3n) is 0.575. The molecule has 0 aliphatic heterocycles. The van der Waals surface area contributed by atoms with Gasteiger partial charge in [-0.15, -0.1) is 12.4 Å². The molecule has 10 heavy (non-hydrogen) atoms. The largest absolute Gasteiger partial charge is 0.480 e. The number of hydrogen-bond donors (Lipinski definition) is 4. The van der Waals surface area contributed by atoms with E-state index in [2.05, 4.69) is 0 Å². The normalized spacial score (nSPS) is 10.3. The van der Waals surface area contributed by atoms with Crippen LogP contribution in [0.5, 0.6) is 0 Å². The minimum Gasteiger partial charge on any atom is -0.480 e. The average molecular weight is 172 g/mol. The van der Waals surface area contributed by atoms with Crippen LogP contribution in [0.3, 0.4) is 0 Å². The Kier molecular flexibility index (Phi) is 5.49. The summed E-state index contributed by atoms with van der Waals surface area (Å²) < 4.78 is 0. The number of rotatable bonds is 3. The molecule has 0 atom stereocenters. The molecule has 5 nitrogen and oxygen atoms in total. The summed E-state index contributed by atoms with van der Waals surface area (Å²) in [6, 6.07) is 0. The quantitative estimate of drug-likeness (QED) is 0.398. The second-order valence-corrected chi connectivity index (χ2v) is 1.77. The highest BCUT2D eigenvalue weighted by Gasteiger charge is 2.14. The first-order valence-corrected chi connectivity index (χ1v) is 2.33. The van der Waals surface area contributed by atoms with Crippen molar-refractivity contribution in [1.29, 1.82) is 0 Å². The van der Waals surface area contributed by atoms with E-state index >= 15 is 0 Å². The lowest BCUT2D eigenvalue weighted by Crippen LogP contribution is -2.44. The fraction of sp³-hybridized carbons (Fsp3) is 0.750. The third kappa shape index (κ3) is 10.6. The second kappa shape index (κ2) is 4.45. The van der Waals surface area contributed by atoms with E-state index in [1.54, 1.807) is 0 Å². The molecule has 0 amide bonds. The summed E-state index contributed by atoms with van der Waals surface area (Å²) in [5.41, 5.74) is 0. The molecule has 0 aliphatic rings. The Morgan fingerprint density at radius 1 is 1.60 bits per heavy atom. The maximum Gasteiger partial charge on any atom is 0.317 e. The van der Waals surface area contributed by atoms with Crippen LogP contribution in [0.1, 0.15) is 6.92 Å². The number of carboxylic acids is 1. The van der Waals surface area contributed by atoms with Gasteiger partial charge in [-0.1, -0.05) is 0 Å². The standard InChI is InChI=1S/C4H9NO4.ClH/c1-4(8,9)5-2-3(6)7;/h5,8-9H,2H2,1H3,(H,6,7);1H. The Morgan fingerprint density at radius 2 is 2.00 bits per heavy atom. The Morgan fingerprint density at radius 3 is 2.10 bits per heavy atom. The number of halogens is 1. The minimum atomic E-state index is -2.10. The van der Waals surface area contributed by atoms with Crippen molar-refractivity contribution in [3.8, 4) is 0 Å². The van der Waals surface area contributed by atoms with Gasteiger partial charge < -0.3 is 15.3 Å². The van der Waals surface area contributed by atoms with Gasteiger partial charge in [0.2, 0.25) is 5.91 Å². The smallest absolute Gasteiger partial charge is 0.317 e. The van der Waals surface area contributed by atoms with Crippen molar-refractivity contribution in [2.24, 2.45) is 0 Å². The monoisotopic (exact) mass is 171 g/mol. The first kappa shape index (κ1) is 12.3. The van der Waals surface area contributed by atoms with Crippen LogP contribution in [0.25, 0.3) is 0 Å². The average Bonchev–Trinajstić information content (AvgIpc) is 1.59. The van der Waals surface area contributed by atoms with Gasteiger partial charge in [-0.25, -0.2) is 0 Å². The van der Waals surface area contributed by atoms with Crippen molar-refractivity contribution in [2.75, 3.05) is 6.54 Å². The van der Waals surface area contributed by atoms with E-state index in [0.717, 1.165) is 6.92 Å². The molecule has 62 valence electrons. The van der Waals surface area contributed by atoms with E-state index in [0.29, 0.717) is 0 Å². The van der Waals surface area contributed by atoms with Crippen LogP contribution < -0.4 is 5.32 Å². The van der Waals surface area contributed by atoms with E-state index in [4.69, 9.17) is 15.3 Å². The van der Waals surface area contributed by atoms with Gasteiger partial charge in [0.05, 0.1) is 6.54 Å². The van der Waals surface area contributed by atoms with Crippen molar-refractivity contribution in [2.45, 2.75) is 12.8 Å². The molecule has 0 bridgehead atoms. The number of aliphatic carboxylic acids is 1. The second-order valence-electron chi connectivity index (χ2n) is 1.77. The zero-order valence-electron chi connectivity index (χ0n) is 5.37. The predicted octanol–water partition coefficient (Wildman–Crippen LogP) is -1.26. The van der Waals surface area contributed by atoms with Crippen LogP contribution >= 0.6 is 12.4 Å². The Bertz CT molecular complexity index is 110. The summed E-state index contributed by atoms with van der Waals surface area (Å²) in [4.78, 5) is 9.76. The summed E-state index contributed by atoms with van der Waals surface area (Å²) in [6.07, 6.45) is 0. The molecule has 0 heterocycles. The van der Waals surface area contributed by atoms with Gasteiger partial charge in [0.15, 0.2) is 0 Å². The highest BCUT2D eigenvalue weighted by Crippen LogP contribution is 1.86. The van der Waals surface area contributed by atoms with Gasteiger partial charge in [0.25, 0.3) is 0 Å². The molecule has 0 unspecified atom stereocenters. The van der Waals surface area contributed by atoms with E-state index in [1.807, 2.05) is 5.32 Å². The van der Waals surface area contributed by atoms with E-state index < -0.39 is 18.4 Å². The van der Waals surface area contributed by atoms with Gasteiger partial charge in [-0.2, -0.15) is 0 Å². The van der Waals surface area contributed by atoms with Crippen LogP contribution in [-0.4, -0.2) is 33.7 Å². The zero-order chi connectivity index (χ0) is 7.49. The first-order chi connectivity index (χ1) is 3.92. The predicted molar refractivity (Wildman–Crippen MR) is 35.7 cm³/mol. The molecule has 0 aliphatic carbocycles. The molecule has 0 aromatic heterocycles. The number of carboxylic acid groups (broad SMARTS) is 1. The fourth-order valence-electron chi connectivity index (χ4n) is 0.243. The van der Waals surface area contributed by atoms with Crippen LogP contribution in [0.15, 0.2) is 0 Å².